The van der Waals surface area contributed by atoms with Gasteiger partial charge >= 0.3 is 5.97 Å². The first-order chi connectivity index (χ1) is 5.00. The minimum atomic E-state index is -1.07. The van der Waals surface area contributed by atoms with Crippen LogP contribution >= 0.6 is 11.8 Å². The van der Waals surface area contributed by atoms with Gasteiger partial charge in [-0.25, -0.2) is 0 Å². The molecule has 0 aliphatic heterocycles. The molecule has 0 saturated heterocycles. The van der Waals surface area contributed by atoms with Crippen molar-refractivity contribution in [3.63, 3.8) is 0 Å². The molecule has 0 rings (SSSR count). The van der Waals surface area contributed by atoms with Crippen LogP contribution < -0.4 is 5.73 Å². The Morgan fingerprint density at radius 1 is 1.73 bits per heavy atom. The molecule has 4 heteroatoms. The first-order valence-corrected chi connectivity index (χ1v) is 4.76. The predicted molar refractivity (Wildman–Crippen MR) is 47.8 cm³/mol. The van der Waals surface area contributed by atoms with Crippen molar-refractivity contribution in [3.05, 3.63) is 0 Å². The highest BCUT2D eigenvalue weighted by molar-refractivity contribution is 7.99. The maximum absolute atomic E-state index is 10.5. The zero-order chi connectivity index (χ0) is 8.91. The zero-order valence-electron chi connectivity index (χ0n) is 6.96. The number of hydrogen-bond acceptors (Lipinski definition) is 3. The molecule has 0 spiro atoms. The molecule has 0 aromatic carbocycles. The lowest BCUT2D eigenvalue weighted by molar-refractivity contribution is -0.141. The smallest absolute Gasteiger partial charge is 0.324 e. The van der Waals surface area contributed by atoms with E-state index in [0.29, 0.717) is 5.75 Å². The van der Waals surface area contributed by atoms with Crippen LogP contribution in [0.2, 0.25) is 0 Å². The highest BCUT2D eigenvalue weighted by Crippen LogP contribution is 2.11. The van der Waals surface area contributed by atoms with Crippen LogP contribution in [0, 0.1) is 0 Å². The molecule has 0 heterocycles. The van der Waals surface area contributed by atoms with E-state index in [-0.39, 0.29) is 0 Å². The van der Waals surface area contributed by atoms with Crippen molar-refractivity contribution in [2.45, 2.75) is 25.8 Å². The lowest BCUT2D eigenvalue weighted by Crippen LogP contribution is -2.47. The van der Waals surface area contributed by atoms with Crippen molar-refractivity contribution in [3.8, 4) is 0 Å². The van der Waals surface area contributed by atoms with Gasteiger partial charge in [-0.05, 0) is 19.1 Å². The third-order valence-corrected chi connectivity index (χ3v) is 2.74. The van der Waals surface area contributed by atoms with Crippen LogP contribution in [0.15, 0.2) is 0 Å². The van der Waals surface area contributed by atoms with E-state index in [1.807, 2.05) is 0 Å². The SMILES string of the molecule is CCCSC[C@@](C)(N)C(=O)O. The van der Waals surface area contributed by atoms with Crippen LogP contribution in [0.4, 0.5) is 0 Å². The number of nitrogens with two attached hydrogens (primary N) is 1. The first kappa shape index (κ1) is 10.8. The summed E-state index contributed by atoms with van der Waals surface area (Å²) in [4.78, 5) is 10.5. The van der Waals surface area contributed by atoms with Gasteiger partial charge in [-0.2, -0.15) is 11.8 Å². The van der Waals surface area contributed by atoms with Gasteiger partial charge in [0.25, 0.3) is 0 Å². The molecule has 3 N–H and O–H groups in total. The van der Waals surface area contributed by atoms with E-state index >= 15 is 0 Å². The summed E-state index contributed by atoms with van der Waals surface area (Å²) in [6.45, 7) is 3.60. The predicted octanol–water partition coefficient (Wildman–Crippen LogP) is 0.932. The summed E-state index contributed by atoms with van der Waals surface area (Å²) in [7, 11) is 0. The molecule has 0 aliphatic carbocycles. The molecule has 0 amide bonds. The molecule has 3 nitrogen and oxygen atoms in total. The van der Waals surface area contributed by atoms with Gasteiger partial charge in [-0.1, -0.05) is 6.92 Å². The number of aliphatic carboxylic acids is 1. The van der Waals surface area contributed by atoms with E-state index in [1.54, 1.807) is 11.8 Å². The molecule has 0 unspecified atom stereocenters. The quantitative estimate of drug-likeness (QED) is 0.613. The van der Waals surface area contributed by atoms with Crippen molar-refractivity contribution in [2.75, 3.05) is 11.5 Å². The van der Waals surface area contributed by atoms with E-state index in [1.165, 1.54) is 6.92 Å². The van der Waals surface area contributed by atoms with Crippen LogP contribution in [0.25, 0.3) is 0 Å². The molecule has 0 fully saturated rings. The van der Waals surface area contributed by atoms with Crippen LogP contribution in [-0.2, 0) is 4.79 Å². The molecule has 1 atom stereocenters. The van der Waals surface area contributed by atoms with E-state index < -0.39 is 11.5 Å². The van der Waals surface area contributed by atoms with Crippen LogP contribution in [0.5, 0.6) is 0 Å². The van der Waals surface area contributed by atoms with Gasteiger partial charge in [-0.3, -0.25) is 4.79 Å². The van der Waals surface area contributed by atoms with Crippen molar-refractivity contribution in [2.24, 2.45) is 5.73 Å². The summed E-state index contributed by atoms with van der Waals surface area (Å²) < 4.78 is 0. The Kier molecular flexibility index (Phi) is 4.52. The summed E-state index contributed by atoms with van der Waals surface area (Å²) in [5.74, 6) is 0.525. The molecule has 66 valence electrons. The third kappa shape index (κ3) is 4.27. The minimum Gasteiger partial charge on any atom is -0.480 e. The van der Waals surface area contributed by atoms with Gasteiger partial charge in [0.2, 0.25) is 0 Å². The highest BCUT2D eigenvalue weighted by Gasteiger charge is 2.27. The Morgan fingerprint density at radius 3 is 2.64 bits per heavy atom. The normalized spacial score (nSPS) is 15.9. The molecule has 0 aromatic rings. The molecular weight excluding hydrogens is 162 g/mol. The fourth-order valence-corrected chi connectivity index (χ4v) is 1.47. The first-order valence-electron chi connectivity index (χ1n) is 3.60. The molecule has 0 radical (unpaired) electrons. The lowest BCUT2D eigenvalue weighted by atomic mass is 10.1. The Balaban J connectivity index is 3.64. The number of carbonyl (C=O) groups is 1. The van der Waals surface area contributed by atoms with Gasteiger partial charge in [0.15, 0.2) is 0 Å². The van der Waals surface area contributed by atoms with Crippen LogP contribution in [0.3, 0.4) is 0 Å². The average molecular weight is 177 g/mol. The lowest BCUT2D eigenvalue weighted by Gasteiger charge is -2.17. The summed E-state index contributed by atoms with van der Waals surface area (Å²) in [5.41, 5.74) is 4.41. The maximum atomic E-state index is 10.5. The number of rotatable bonds is 5. The van der Waals surface area contributed by atoms with E-state index in [4.69, 9.17) is 10.8 Å². The standard InChI is InChI=1S/C7H15NO2S/c1-3-4-11-5-7(2,8)6(9)10/h3-5,8H2,1-2H3,(H,9,10)/t7-/m1/s1. The summed E-state index contributed by atoms with van der Waals surface area (Å²) in [6.07, 6.45) is 1.06. The van der Waals surface area contributed by atoms with Crippen molar-refractivity contribution < 1.29 is 9.90 Å². The number of carboxylic acids is 1. The van der Waals surface area contributed by atoms with E-state index in [0.717, 1.165) is 12.2 Å². The van der Waals surface area contributed by atoms with Crippen molar-refractivity contribution >= 4 is 17.7 Å². The second-order valence-electron chi connectivity index (χ2n) is 2.78. The van der Waals surface area contributed by atoms with E-state index in [2.05, 4.69) is 6.92 Å². The van der Waals surface area contributed by atoms with E-state index in [9.17, 15) is 4.79 Å². The second-order valence-corrected chi connectivity index (χ2v) is 3.88. The third-order valence-electron chi connectivity index (χ3n) is 1.24. The Bertz CT molecular complexity index is 136. The van der Waals surface area contributed by atoms with Crippen molar-refractivity contribution in [1.82, 2.24) is 0 Å². The fourth-order valence-electron chi connectivity index (χ4n) is 0.490. The number of hydrogen-bond donors (Lipinski definition) is 2. The molecule has 0 aromatic heterocycles. The molecule has 0 saturated carbocycles. The van der Waals surface area contributed by atoms with Gasteiger partial charge in [0.05, 0.1) is 0 Å². The molecule has 0 aliphatic rings. The summed E-state index contributed by atoms with van der Waals surface area (Å²) in [5, 5.41) is 8.60. The number of thioether (sulfide) groups is 1. The molecule has 11 heavy (non-hydrogen) atoms. The topological polar surface area (TPSA) is 63.3 Å². The monoisotopic (exact) mass is 177 g/mol. The summed E-state index contributed by atoms with van der Waals surface area (Å²) >= 11 is 1.58. The van der Waals surface area contributed by atoms with Gasteiger partial charge in [0, 0.05) is 5.75 Å². The van der Waals surface area contributed by atoms with Gasteiger partial charge in [0.1, 0.15) is 5.54 Å². The highest BCUT2D eigenvalue weighted by atomic mass is 32.2. The van der Waals surface area contributed by atoms with Gasteiger partial charge < -0.3 is 10.8 Å². The fraction of sp³-hybridized carbons (Fsp3) is 0.857. The minimum absolute atomic E-state index is 0.482. The van der Waals surface area contributed by atoms with Crippen LogP contribution in [0.1, 0.15) is 20.3 Å². The second kappa shape index (κ2) is 4.62. The number of carboxylic acid groups (broad SMARTS) is 1. The maximum Gasteiger partial charge on any atom is 0.324 e. The summed E-state index contributed by atoms with van der Waals surface area (Å²) in [6, 6.07) is 0. The van der Waals surface area contributed by atoms with Gasteiger partial charge in [-0.15, -0.1) is 0 Å². The Morgan fingerprint density at radius 2 is 2.27 bits per heavy atom. The zero-order valence-corrected chi connectivity index (χ0v) is 7.78. The molecular formula is C7H15NO2S. The Labute approximate surface area is 71.3 Å². The average Bonchev–Trinajstić information content (AvgIpc) is 1.88. The largest absolute Gasteiger partial charge is 0.480 e. The molecule has 0 bridgehead atoms. The van der Waals surface area contributed by atoms with Crippen molar-refractivity contribution in [1.29, 1.82) is 0 Å². The Hall–Kier alpha value is -0.220. The van der Waals surface area contributed by atoms with Crippen LogP contribution in [-0.4, -0.2) is 28.1 Å².